The van der Waals surface area contributed by atoms with Gasteiger partial charge in [-0.15, -0.1) is 0 Å². The fourth-order valence-corrected chi connectivity index (χ4v) is 4.61. The van der Waals surface area contributed by atoms with Crippen molar-refractivity contribution in [3.63, 3.8) is 0 Å². The zero-order chi connectivity index (χ0) is 26.2. The first kappa shape index (κ1) is 28.4. The van der Waals surface area contributed by atoms with Gasteiger partial charge in [0.2, 0.25) is 21.8 Å². The van der Waals surface area contributed by atoms with Crippen LogP contribution in [0.3, 0.4) is 0 Å². The molecule has 1 N–H and O–H groups in total. The maximum atomic E-state index is 13.6. The molecular weight excluding hydrogens is 462 g/mol. The average molecular weight is 502 g/mol. The molecular formula is C27H39N3O4S. The van der Waals surface area contributed by atoms with Crippen molar-refractivity contribution in [3.8, 4) is 0 Å². The van der Waals surface area contributed by atoms with Gasteiger partial charge in [0.05, 0.1) is 11.9 Å². The number of carbonyl (C=O) groups excluding carboxylic acids is 2. The van der Waals surface area contributed by atoms with E-state index in [0.29, 0.717) is 24.6 Å². The molecule has 2 aromatic rings. The van der Waals surface area contributed by atoms with Gasteiger partial charge in [-0.25, -0.2) is 8.42 Å². The van der Waals surface area contributed by atoms with E-state index in [2.05, 4.69) is 19.2 Å². The lowest BCUT2D eigenvalue weighted by atomic mass is 10.0. The second-order valence-electron chi connectivity index (χ2n) is 9.59. The first-order valence-corrected chi connectivity index (χ1v) is 14.0. The third-order valence-electron chi connectivity index (χ3n) is 5.79. The Kier molecular flexibility index (Phi) is 10.3. The highest BCUT2D eigenvalue weighted by atomic mass is 32.2. The van der Waals surface area contributed by atoms with Crippen molar-refractivity contribution in [2.45, 2.75) is 59.5 Å². The third kappa shape index (κ3) is 8.38. The Morgan fingerprint density at radius 1 is 0.943 bits per heavy atom. The fraction of sp³-hybridized carbons (Fsp3) is 0.481. The minimum absolute atomic E-state index is 0.206. The molecule has 2 amide bonds. The van der Waals surface area contributed by atoms with E-state index in [1.807, 2.05) is 63.2 Å². The molecule has 0 saturated carbocycles. The Morgan fingerprint density at radius 2 is 1.54 bits per heavy atom. The number of nitrogens with zero attached hydrogens (tertiary/aromatic N) is 2. The van der Waals surface area contributed by atoms with Crippen LogP contribution in [0.1, 0.15) is 58.1 Å². The number of anilines is 1. The highest BCUT2D eigenvalue weighted by molar-refractivity contribution is 7.92. The van der Waals surface area contributed by atoms with Crippen LogP contribution >= 0.6 is 0 Å². The fourth-order valence-electron chi connectivity index (χ4n) is 3.76. The second kappa shape index (κ2) is 12.7. The molecule has 0 aromatic heterocycles. The Balaban J connectivity index is 2.39. The molecule has 192 valence electrons. The van der Waals surface area contributed by atoms with Gasteiger partial charge in [0.1, 0.15) is 12.6 Å². The van der Waals surface area contributed by atoms with Crippen molar-refractivity contribution in [1.29, 1.82) is 0 Å². The predicted molar refractivity (Wildman–Crippen MR) is 142 cm³/mol. The smallest absolute Gasteiger partial charge is 0.244 e. The summed E-state index contributed by atoms with van der Waals surface area (Å²) in [6.07, 6.45) is 1.50. The number of nitrogens with one attached hydrogen (secondary N) is 1. The van der Waals surface area contributed by atoms with Crippen LogP contribution in [0.2, 0.25) is 0 Å². The first-order chi connectivity index (χ1) is 16.4. The molecule has 2 rings (SSSR count). The van der Waals surface area contributed by atoms with Gasteiger partial charge in [-0.05, 0) is 41.5 Å². The quantitative estimate of drug-likeness (QED) is 0.473. The van der Waals surface area contributed by atoms with Gasteiger partial charge in [-0.3, -0.25) is 13.9 Å². The normalized spacial score (nSPS) is 12.5. The molecule has 8 heteroatoms. The molecule has 0 spiro atoms. The van der Waals surface area contributed by atoms with Crippen LogP contribution in [0, 0.1) is 5.92 Å². The standard InChI is InChI=1S/C27H39N3O4S/c1-7-25(27(32)28-17-20(2)3)29(18-22-11-9-8-10-12-22)26(31)19-30(35(6,33)34)24-15-13-23(14-16-24)21(4)5/h8-16,20-21,25H,7,17-19H2,1-6H3,(H,28,32). The molecule has 1 atom stereocenters. The highest BCUT2D eigenvalue weighted by Crippen LogP contribution is 2.23. The molecule has 0 aliphatic rings. The summed E-state index contributed by atoms with van der Waals surface area (Å²) < 4.78 is 26.5. The van der Waals surface area contributed by atoms with E-state index in [-0.39, 0.29) is 24.9 Å². The van der Waals surface area contributed by atoms with Crippen LogP contribution in [-0.2, 0) is 26.2 Å². The lowest BCUT2D eigenvalue weighted by Gasteiger charge is -2.33. The molecule has 35 heavy (non-hydrogen) atoms. The van der Waals surface area contributed by atoms with Gasteiger partial charge in [0.15, 0.2) is 0 Å². The lowest BCUT2D eigenvalue weighted by molar-refractivity contribution is -0.140. The van der Waals surface area contributed by atoms with E-state index in [1.165, 1.54) is 4.90 Å². The van der Waals surface area contributed by atoms with E-state index < -0.39 is 22.0 Å². The summed E-state index contributed by atoms with van der Waals surface area (Å²) in [5.74, 6) is -0.103. The number of amides is 2. The van der Waals surface area contributed by atoms with E-state index in [9.17, 15) is 18.0 Å². The highest BCUT2D eigenvalue weighted by Gasteiger charge is 2.31. The molecule has 0 fully saturated rings. The van der Waals surface area contributed by atoms with Crippen molar-refractivity contribution in [3.05, 3.63) is 65.7 Å². The number of rotatable bonds is 12. The first-order valence-electron chi connectivity index (χ1n) is 12.1. The Hall–Kier alpha value is -2.87. The van der Waals surface area contributed by atoms with E-state index in [0.717, 1.165) is 21.7 Å². The molecule has 0 aliphatic carbocycles. The van der Waals surface area contributed by atoms with Crippen molar-refractivity contribution in [1.82, 2.24) is 10.2 Å². The summed E-state index contributed by atoms with van der Waals surface area (Å²) in [5, 5.41) is 2.92. The van der Waals surface area contributed by atoms with Crippen molar-refractivity contribution < 1.29 is 18.0 Å². The van der Waals surface area contributed by atoms with Crippen molar-refractivity contribution in [2.24, 2.45) is 5.92 Å². The zero-order valence-corrected chi connectivity index (χ0v) is 22.5. The predicted octanol–water partition coefficient (Wildman–Crippen LogP) is 4.16. The summed E-state index contributed by atoms with van der Waals surface area (Å²) in [5.41, 5.74) is 2.36. The van der Waals surface area contributed by atoms with Crippen LogP contribution < -0.4 is 9.62 Å². The maximum absolute atomic E-state index is 13.6. The summed E-state index contributed by atoms with van der Waals surface area (Å²) in [4.78, 5) is 28.2. The minimum atomic E-state index is -3.74. The SMILES string of the molecule is CCC(C(=O)NCC(C)C)N(Cc1ccccc1)C(=O)CN(c1ccc(C(C)C)cc1)S(C)(=O)=O. The van der Waals surface area contributed by atoms with Crippen LogP contribution in [0.4, 0.5) is 5.69 Å². The number of hydrogen-bond acceptors (Lipinski definition) is 4. The van der Waals surface area contributed by atoms with Crippen LogP contribution in [0.25, 0.3) is 0 Å². The number of carbonyl (C=O) groups is 2. The van der Waals surface area contributed by atoms with Crippen molar-refractivity contribution >= 4 is 27.5 Å². The molecule has 0 saturated heterocycles. The van der Waals surface area contributed by atoms with E-state index in [1.54, 1.807) is 12.1 Å². The molecule has 0 aliphatic heterocycles. The van der Waals surface area contributed by atoms with Gasteiger partial charge in [-0.1, -0.05) is 77.1 Å². The monoisotopic (exact) mass is 501 g/mol. The van der Waals surface area contributed by atoms with E-state index in [4.69, 9.17) is 0 Å². The summed E-state index contributed by atoms with van der Waals surface area (Å²) in [6.45, 7) is 10.3. The summed E-state index contributed by atoms with van der Waals surface area (Å²) in [6, 6.07) is 15.9. The van der Waals surface area contributed by atoms with E-state index >= 15 is 0 Å². The van der Waals surface area contributed by atoms with Gasteiger partial charge in [-0.2, -0.15) is 0 Å². The van der Waals surface area contributed by atoms with Gasteiger partial charge >= 0.3 is 0 Å². The van der Waals surface area contributed by atoms with Gasteiger partial charge in [0.25, 0.3) is 0 Å². The second-order valence-corrected chi connectivity index (χ2v) is 11.5. The zero-order valence-electron chi connectivity index (χ0n) is 21.7. The topological polar surface area (TPSA) is 86.8 Å². The maximum Gasteiger partial charge on any atom is 0.244 e. The minimum Gasteiger partial charge on any atom is -0.354 e. The Bertz CT molecular complexity index is 1070. The number of hydrogen-bond donors (Lipinski definition) is 1. The molecule has 0 radical (unpaired) electrons. The molecule has 1 unspecified atom stereocenters. The molecule has 7 nitrogen and oxygen atoms in total. The molecule has 2 aromatic carbocycles. The van der Waals surface area contributed by atoms with Gasteiger partial charge < -0.3 is 10.2 Å². The lowest BCUT2D eigenvalue weighted by Crippen LogP contribution is -2.52. The summed E-state index contributed by atoms with van der Waals surface area (Å²) in [7, 11) is -3.74. The third-order valence-corrected chi connectivity index (χ3v) is 6.93. The van der Waals surface area contributed by atoms with Crippen LogP contribution in [0.15, 0.2) is 54.6 Å². The number of benzene rings is 2. The van der Waals surface area contributed by atoms with Gasteiger partial charge in [0, 0.05) is 13.1 Å². The molecule has 0 bridgehead atoms. The Morgan fingerprint density at radius 3 is 2.03 bits per heavy atom. The number of sulfonamides is 1. The van der Waals surface area contributed by atoms with Crippen LogP contribution in [0.5, 0.6) is 0 Å². The largest absolute Gasteiger partial charge is 0.354 e. The Labute approximate surface area is 210 Å². The molecule has 0 heterocycles. The van der Waals surface area contributed by atoms with Crippen LogP contribution in [-0.4, -0.2) is 50.5 Å². The average Bonchev–Trinajstić information content (AvgIpc) is 2.80. The van der Waals surface area contributed by atoms with Crippen molar-refractivity contribution in [2.75, 3.05) is 23.7 Å². The summed E-state index contributed by atoms with van der Waals surface area (Å²) >= 11 is 0.